The van der Waals surface area contributed by atoms with E-state index >= 15 is 0 Å². The van der Waals surface area contributed by atoms with Crippen molar-refractivity contribution >= 4 is 17.5 Å². The molecule has 2 amide bonds. The van der Waals surface area contributed by atoms with Crippen LogP contribution in [0.3, 0.4) is 0 Å². The molecule has 0 saturated heterocycles. The van der Waals surface area contributed by atoms with E-state index in [4.69, 9.17) is 19.5 Å². The van der Waals surface area contributed by atoms with Crippen molar-refractivity contribution in [2.24, 2.45) is 0 Å². The lowest BCUT2D eigenvalue weighted by molar-refractivity contribution is -0.140. The molecular weight excluding hydrogens is 386 g/mol. The zero-order valence-corrected chi connectivity index (χ0v) is 16.9. The topological polar surface area (TPSA) is 101 Å². The Morgan fingerprint density at radius 1 is 1.17 bits per heavy atom. The molecule has 1 N–H and O–H groups in total. The molecule has 30 heavy (non-hydrogen) atoms. The molecule has 0 aliphatic carbocycles. The molecule has 0 saturated carbocycles. The van der Waals surface area contributed by atoms with Crippen molar-refractivity contribution in [1.82, 2.24) is 4.90 Å². The second kappa shape index (κ2) is 9.65. The highest BCUT2D eigenvalue weighted by Crippen LogP contribution is 2.32. The first-order valence-electron chi connectivity index (χ1n) is 9.65. The van der Waals surface area contributed by atoms with E-state index in [1.54, 1.807) is 56.3 Å². The van der Waals surface area contributed by atoms with Gasteiger partial charge in [0.25, 0.3) is 5.91 Å². The summed E-state index contributed by atoms with van der Waals surface area (Å²) < 4.78 is 16.6. The predicted octanol–water partition coefficient (Wildman–Crippen LogP) is 2.58. The van der Waals surface area contributed by atoms with Crippen molar-refractivity contribution < 1.29 is 23.8 Å². The first-order chi connectivity index (χ1) is 14.5. The van der Waals surface area contributed by atoms with Crippen LogP contribution in [-0.4, -0.2) is 49.1 Å². The zero-order valence-electron chi connectivity index (χ0n) is 16.9. The third-order valence-electron chi connectivity index (χ3n) is 4.50. The number of hydrogen-bond donors (Lipinski definition) is 1. The zero-order chi connectivity index (χ0) is 21.5. The Bertz CT molecular complexity index is 952. The maximum absolute atomic E-state index is 12.7. The molecule has 1 unspecified atom stereocenters. The second-order valence-corrected chi connectivity index (χ2v) is 6.66. The minimum atomic E-state index is -0.778. The van der Waals surface area contributed by atoms with Crippen LogP contribution < -0.4 is 19.5 Å². The fourth-order valence-electron chi connectivity index (χ4n) is 2.96. The van der Waals surface area contributed by atoms with Crippen LogP contribution in [0.15, 0.2) is 42.5 Å². The van der Waals surface area contributed by atoms with Crippen LogP contribution >= 0.6 is 0 Å². The van der Waals surface area contributed by atoms with Gasteiger partial charge in [-0.2, -0.15) is 5.26 Å². The minimum absolute atomic E-state index is 0.106. The summed E-state index contributed by atoms with van der Waals surface area (Å²) in [7, 11) is 0. The number of benzene rings is 2. The van der Waals surface area contributed by atoms with E-state index < -0.39 is 6.10 Å². The van der Waals surface area contributed by atoms with Gasteiger partial charge in [0.2, 0.25) is 5.91 Å². The van der Waals surface area contributed by atoms with E-state index in [1.165, 1.54) is 4.90 Å². The minimum Gasteiger partial charge on any atom is -0.486 e. The van der Waals surface area contributed by atoms with E-state index in [0.717, 1.165) is 0 Å². The van der Waals surface area contributed by atoms with Gasteiger partial charge < -0.3 is 24.4 Å². The SMILES string of the molecule is CCN(CC(=O)Nc1ccc2c(c1)OCCO2)C(=O)C(C)Oc1ccc(C#N)cc1. The van der Waals surface area contributed by atoms with E-state index in [1.807, 2.05) is 6.07 Å². The Morgan fingerprint density at radius 2 is 1.87 bits per heavy atom. The number of hydrogen-bond acceptors (Lipinski definition) is 6. The number of carbonyl (C=O) groups is 2. The summed E-state index contributed by atoms with van der Waals surface area (Å²) in [4.78, 5) is 26.6. The molecule has 0 spiro atoms. The van der Waals surface area contributed by atoms with Crippen molar-refractivity contribution in [2.75, 3.05) is 31.6 Å². The van der Waals surface area contributed by atoms with Crippen molar-refractivity contribution in [3.63, 3.8) is 0 Å². The Balaban J connectivity index is 1.57. The largest absolute Gasteiger partial charge is 0.486 e. The molecule has 1 heterocycles. The normalized spacial score (nSPS) is 13.0. The summed E-state index contributed by atoms with van der Waals surface area (Å²) in [6.07, 6.45) is -0.778. The lowest BCUT2D eigenvalue weighted by atomic mass is 10.2. The highest BCUT2D eigenvalue weighted by atomic mass is 16.6. The number of nitrogens with one attached hydrogen (secondary N) is 1. The average Bonchev–Trinajstić information content (AvgIpc) is 2.77. The second-order valence-electron chi connectivity index (χ2n) is 6.66. The third kappa shape index (κ3) is 5.20. The van der Waals surface area contributed by atoms with Gasteiger partial charge in [-0.3, -0.25) is 9.59 Å². The number of rotatable bonds is 7. The van der Waals surface area contributed by atoms with Crippen molar-refractivity contribution in [1.29, 1.82) is 5.26 Å². The van der Waals surface area contributed by atoms with Crippen LogP contribution in [0.4, 0.5) is 5.69 Å². The van der Waals surface area contributed by atoms with E-state index in [2.05, 4.69) is 5.32 Å². The monoisotopic (exact) mass is 409 g/mol. The maximum Gasteiger partial charge on any atom is 0.263 e. The van der Waals surface area contributed by atoms with Crippen molar-refractivity contribution in [3.8, 4) is 23.3 Å². The molecule has 8 heteroatoms. The van der Waals surface area contributed by atoms with Gasteiger partial charge in [0.1, 0.15) is 19.0 Å². The Kier molecular flexibility index (Phi) is 6.75. The maximum atomic E-state index is 12.7. The van der Waals surface area contributed by atoms with Crippen LogP contribution in [0.1, 0.15) is 19.4 Å². The highest BCUT2D eigenvalue weighted by molar-refractivity contribution is 5.95. The quantitative estimate of drug-likeness (QED) is 0.754. The molecular formula is C22H23N3O5. The van der Waals surface area contributed by atoms with Gasteiger partial charge in [-0.15, -0.1) is 0 Å². The summed E-state index contributed by atoms with van der Waals surface area (Å²) >= 11 is 0. The lowest BCUT2D eigenvalue weighted by Crippen LogP contribution is -2.44. The summed E-state index contributed by atoms with van der Waals surface area (Å²) in [6.45, 7) is 4.62. The lowest BCUT2D eigenvalue weighted by Gasteiger charge is -2.24. The van der Waals surface area contributed by atoms with Gasteiger partial charge in [0.05, 0.1) is 18.2 Å². The smallest absolute Gasteiger partial charge is 0.263 e. The Hall–Kier alpha value is -3.73. The van der Waals surface area contributed by atoms with Crippen molar-refractivity contribution in [2.45, 2.75) is 20.0 Å². The molecule has 0 aromatic heterocycles. The fourth-order valence-corrected chi connectivity index (χ4v) is 2.96. The van der Waals surface area contributed by atoms with E-state index in [9.17, 15) is 9.59 Å². The number of carbonyl (C=O) groups excluding carboxylic acids is 2. The van der Waals surface area contributed by atoms with Gasteiger partial charge in [-0.05, 0) is 50.2 Å². The number of amides is 2. The van der Waals surface area contributed by atoms with Gasteiger partial charge in [-0.1, -0.05) is 0 Å². The summed E-state index contributed by atoms with van der Waals surface area (Å²) in [5.41, 5.74) is 1.07. The fraction of sp³-hybridized carbons (Fsp3) is 0.318. The third-order valence-corrected chi connectivity index (χ3v) is 4.50. The van der Waals surface area contributed by atoms with Crippen LogP contribution in [-0.2, 0) is 9.59 Å². The molecule has 0 radical (unpaired) electrons. The van der Waals surface area contributed by atoms with Crippen molar-refractivity contribution in [3.05, 3.63) is 48.0 Å². The van der Waals surface area contributed by atoms with Crippen LogP contribution in [0.25, 0.3) is 0 Å². The summed E-state index contributed by atoms with van der Waals surface area (Å²) in [6, 6.07) is 13.7. The first-order valence-corrected chi connectivity index (χ1v) is 9.65. The molecule has 1 aliphatic heterocycles. The van der Waals surface area contributed by atoms with Gasteiger partial charge in [0, 0.05) is 18.3 Å². The number of nitrogens with zero attached hydrogens (tertiary/aromatic N) is 2. The standard InChI is InChI=1S/C22H23N3O5/c1-3-25(22(27)15(2)30-18-7-4-16(13-23)5-8-18)14-21(26)24-17-6-9-19-20(12-17)29-11-10-28-19/h4-9,12,15H,3,10-11,14H2,1-2H3,(H,24,26). The average molecular weight is 409 g/mol. The number of fused-ring (bicyclic) bond motifs is 1. The van der Waals surface area contributed by atoms with Crippen LogP contribution in [0, 0.1) is 11.3 Å². The van der Waals surface area contributed by atoms with Gasteiger partial charge >= 0.3 is 0 Å². The Morgan fingerprint density at radius 3 is 2.53 bits per heavy atom. The molecule has 1 atom stereocenters. The Labute approximate surface area is 174 Å². The molecule has 2 aromatic carbocycles. The highest BCUT2D eigenvalue weighted by Gasteiger charge is 2.23. The van der Waals surface area contributed by atoms with E-state index in [-0.39, 0.29) is 18.4 Å². The summed E-state index contributed by atoms with van der Waals surface area (Å²) in [5.74, 6) is 1.06. The molecule has 2 aromatic rings. The number of ether oxygens (including phenoxy) is 3. The molecule has 156 valence electrons. The van der Waals surface area contributed by atoms with Crippen LogP contribution in [0.5, 0.6) is 17.2 Å². The number of anilines is 1. The van der Waals surface area contributed by atoms with Crippen LogP contribution in [0.2, 0.25) is 0 Å². The molecule has 0 fully saturated rings. The predicted molar refractivity (Wildman–Crippen MR) is 110 cm³/mol. The van der Waals surface area contributed by atoms with Gasteiger partial charge in [-0.25, -0.2) is 0 Å². The molecule has 8 nitrogen and oxygen atoms in total. The number of nitriles is 1. The first kappa shape index (κ1) is 21.0. The molecule has 3 rings (SSSR count). The summed E-state index contributed by atoms with van der Waals surface area (Å²) in [5, 5.41) is 11.6. The van der Waals surface area contributed by atoms with E-state index in [0.29, 0.717) is 48.3 Å². The molecule has 0 bridgehead atoms. The molecule has 1 aliphatic rings. The number of likely N-dealkylation sites (N-methyl/N-ethyl adjacent to an activating group) is 1. The van der Waals surface area contributed by atoms with Gasteiger partial charge in [0.15, 0.2) is 17.6 Å².